The van der Waals surface area contributed by atoms with E-state index in [4.69, 9.17) is 10.5 Å². The highest BCUT2D eigenvalue weighted by Gasteiger charge is 2.43. The molecular formula is C25H30FN5O4. The molecule has 2 aromatic rings. The van der Waals surface area contributed by atoms with Gasteiger partial charge in [0.25, 0.3) is 11.8 Å². The number of amides is 4. The van der Waals surface area contributed by atoms with Gasteiger partial charge in [-0.25, -0.2) is 9.18 Å². The number of ether oxygens (including phenoxy) is 1. The summed E-state index contributed by atoms with van der Waals surface area (Å²) in [5.41, 5.74) is 6.58. The molecular weight excluding hydrogens is 453 g/mol. The van der Waals surface area contributed by atoms with Crippen LogP contribution >= 0.6 is 0 Å². The summed E-state index contributed by atoms with van der Waals surface area (Å²) in [6, 6.07) is 11.6. The second-order valence-corrected chi connectivity index (χ2v) is 8.86. The third kappa shape index (κ3) is 5.71. The van der Waals surface area contributed by atoms with Crippen LogP contribution in [-0.4, -0.2) is 66.1 Å². The van der Waals surface area contributed by atoms with Crippen LogP contribution in [0.4, 0.5) is 14.9 Å². The zero-order valence-electron chi connectivity index (χ0n) is 19.6. The summed E-state index contributed by atoms with van der Waals surface area (Å²) in [6.07, 6.45) is 1.87. The summed E-state index contributed by atoms with van der Waals surface area (Å²) < 4.78 is 19.0. The van der Waals surface area contributed by atoms with Crippen LogP contribution in [0.5, 0.6) is 5.75 Å². The number of halogens is 1. The molecule has 9 nitrogen and oxygen atoms in total. The molecule has 10 heteroatoms. The fourth-order valence-electron chi connectivity index (χ4n) is 4.56. The Labute approximate surface area is 203 Å². The number of carbonyl (C=O) groups excluding carboxylic acids is 3. The summed E-state index contributed by atoms with van der Waals surface area (Å²) in [5, 5.41) is 5.77. The molecule has 2 aliphatic rings. The highest BCUT2D eigenvalue weighted by atomic mass is 19.1. The lowest BCUT2D eigenvalue weighted by molar-refractivity contribution is -0.128. The topological polar surface area (TPSA) is 117 Å². The maximum Gasteiger partial charge on any atom is 0.323 e. The highest BCUT2D eigenvalue weighted by Crippen LogP contribution is 2.24. The highest BCUT2D eigenvalue weighted by molar-refractivity contribution is 6.00. The van der Waals surface area contributed by atoms with Crippen molar-refractivity contribution in [3.8, 4) is 5.75 Å². The van der Waals surface area contributed by atoms with Crippen LogP contribution in [0.2, 0.25) is 0 Å². The summed E-state index contributed by atoms with van der Waals surface area (Å²) in [6.45, 7) is 0.277. The smallest absolute Gasteiger partial charge is 0.323 e. The van der Waals surface area contributed by atoms with Crippen molar-refractivity contribution < 1.29 is 23.5 Å². The van der Waals surface area contributed by atoms with Crippen molar-refractivity contribution in [1.82, 2.24) is 15.1 Å². The second kappa shape index (κ2) is 10.7. The molecule has 1 unspecified atom stereocenters. The van der Waals surface area contributed by atoms with Crippen LogP contribution in [0, 0.1) is 5.82 Å². The number of nitrogens with one attached hydrogen (secondary N) is 2. The molecule has 1 aliphatic carbocycles. The number of nitrogens with zero attached hydrogens (tertiary/aromatic N) is 2. The number of hydrogen-bond donors (Lipinski definition) is 3. The van der Waals surface area contributed by atoms with Crippen molar-refractivity contribution in [2.45, 2.75) is 43.9 Å². The molecule has 4 amide bonds. The fraction of sp³-hybridized carbons (Fsp3) is 0.400. The zero-order valence-corrected chi connectivity index (χ0v) is 19.6. The van der Waals surface area contributed by atoms with Gasteiger partial charge in [0, 0.05) is 42.5 Å². The second-order valence-electron chi connectivity index (χ2n) is 8.86. The summed E-state index contributed by atoms with van der Waals surface area (Å²) in [5.74, 6) is -0.959. The van der Waals surface area contributed by atoms with Gasteiger partial charge in [-0.3, -0.25) is 14.5 Å². The van der Waals surface area contributed by atoms with E-state index in [-0.39, 0.29) is 30.7 Å². The molecule has 35 heavy (non-hydrogen) atoms. The lowest BCUT2D eigenvalue weighted by Crippen LogP contribution is -2.56. The molecule has 0 bridgehead atoms. The molecule has 4 rings (SSSR count). The predicted octanol–water partition coefficient (Wildman–Crippen LogP) is 2.54. The average Bonchev–Trinajstić information content (AvgIpc) is 3.30. The van der Waals surface area contributed by atoms with E-state index >= 15 is 0 Å². The number of urea groups is 1. The lowest BCUT2D eigenvalue weighted by atomic mass is 9.92. The molecule has 0 spiro atoms. The van der Waals surface area contributed by atoms with Gasteiger partial charge >= 0.3 is 6.03 Å². The Balaban J connectivity index is 1.56. The van der Waals surface area contributed by atoms with Crippen molar-refractivity contribution >= 4 is 23.5 Å². The summed E-state index contributed by atoms with van der Waals surface area (Å²) >= 11 is 0. The zero-order chi connectivity index (χ0) is 24.9. The Morgan fingerprint density at radius 1 is 1.00 bits per heavy atom. The predicted molar refractivity (Wildman–Crippen MR) is 128 cm³/mol. The molecule has 1 atom stereocenters. The molecule has 4 N–H and O–H groups in total. The number of anilines is 1. The van der Waals surface area contributed by atoms with E-state index in [9.17, 15) is 18.8 Å². The monoisotopic (exact) mass is 483 g/mol. The van der Waals surface area contributed by atoms with Gasteiger partial charge in [0.15, 0.2) is 6.17 Å². The van der Waals surface area contributed by atoms with Crippen LogP contribution < -0.4 is 21.1 Å². The number of hydrogen-bond acceptors (Lipinski definition) is 5. The molecule has 1 saturated heterocycles. The first-order valence-corrected chi connectivity index (χ1v) is 11.7. The largest absolute Gasteiger partial charge is 0.497 e. The first kappa shape index (κ1) is 24.5. The van der Waals surface area contributed by atoms with Gasteiger partial charge in [0.2, 0.25) is 0 Å². The molecule has 186 valence electrons. The maximum absolute atomic E-state index is 13.8. The molecule has 1 aliphatic heterocycles. The molecule has 0 aromatic heterocycles. The minimum absolute atomic E-state index is 0.0858. The molecule has 0 radical (unpaired) electrons. The SMILES string of the molecule is COc1cccc(NC(=O)N2CCN(C(=O)c3cccc(F)c3)C2C(=O)NC2CCC(N)CC2)c1. The number of benzene rings is 2. The number of rotatable bonds is 5. The van der Waals surface area contributed by atoms with Crippen LogP contribution in [0.15, 0.2) is 48.5 Å². The van der Waals surface area contributed by atoms with E-state index in [1.807, 2.05) is 0 Å². The van der Waals surface area contributed by atoms with Crippen molar-refractivity contribution in [1.29, 1.82) is 0 Å². The van der Waals surface area contributed by atoms with Crippen LogP contribution in [0.1, 0.15) is 36.0 Å². The van der Waals surface area contributed by atoms with E-state index in [1.54, 1.807) is 24.3 Å². The summed E-state index contributed by atoms with van der Waals surface area (Å²) in [7, 11) is 1.52. The third-order valence-corrected chi connectivity index (χ3v) is 6.44. The Hall–Kier alpha value is -3.66. The van der Waals surface area contributed by atoms with E-state index in [1.165, 1.54) is 35.1 Å². The fourth-order valence-corrected chi connectivity index (χ4v) is 4.56. The van der Waals surface area contributed by atoms with E-state index in [2.05, 4.69) is 10.6 Å². The maximum atomic E-state index is 13.8. The normalized spacial score (nSPS) is 22.0. The van der Waals surface area contributed by atoms with Gasteiger partial charge < -0.3 is 26.0 Å². The Kier molecular flexibility index (Phi) is 7.50. The van der Waals surface area contributed by atoms with E-state index < -0.39 is 29.8 Å². The van der Waals surface area contributed by atoms with Crippen LogP contribution in [0.25, 0.3) is 0 Å². The van der Waals surface area contributed by atoms with Crippen LogP contribution in [-0.2, 0) is 4.79 Å². The molecule has 2 aromatic carbocycles. The number of methoxy groups -OCH3 is 1. The van der Waals surface area contributed by atoms with Gasteiger partial charge in [0.05, 0.1) is 7.11 Å². The van der Waals surface area contributed by atoms with Gasteiger partial charge in [-0.1, -0.05) is 12.1 Å². The Morgan fingerprint density at radius 2 is 1.71 bits per heavy atom. The van der Waals surface area contributed by atoms with Crippen LogP contribution in [0.3, 0.4) is 0 Å². The first-order valence-electron chi connectivity index (χ1n) is 11.7. The van der Waals surface area contributed by atoms with E-state index in [0.29, 0.717) is 11.4 Å². The van der Waals surface area contributed by atoms with Gasteiger partial charge in [-0.2, -0.15) is 0 Å². The Morgan fingerprint density at radius 3 is 2.43 bits per heavy atom. The molecule has 1 heterocycles. The van der Waals surface area contributed by atoms with Crippen molar-refractivity contribution in [3.05, 3.63) is 59.9 Å². The third-order valence-electron chi connectivity index (χ3n) is 6.44. The summed E-state index contributed by atoms with van der Waals surface area (Å²) in [4.78, 5) is 42.5. The van der Waals surface area contributed by atoms with Gasteiger partial charge in [-0.05, 0) is 56.0 Å². The Bertz CT molecular complexity index is 1090. The first-order chi connectivity index (χ1) is 16.9. The minimum atomic E-state index is -1.17. The minimum Gasteiger partial charge on any atom is -0.497 e. The lowest BCUT2D eigenvalue weighted by Gasteiger charge is -2.32. The van der Waals surface area contributed by atoms with Gasteiger partial charge in [0.1, 0.15) is 11.6 Å². The standard InChI is InChI=1S/C25H30FN5O4/c1-35-21-7-3-6-20(15-21)29-25(34)31-13-12-30(24(33)16-4-2-5-17(26)14-16)23(31)22(32)28-19-10-8-18(27)9-11-19/h2-7,14-15,18-19,23H,8-13,27H2,1H3,(H,28,32)(H,29,34). The molecule has 2 fully saturated rings. The quantitative estimate of drug-likeness (QED) is 0.604. The number of carbonyl (C=O) groups is 3. The van der Waals surface area contributed by atoms with Crippen molar-refractivity contribution in [2.75, 3.05) is 25.5 Å². The molecule has 1 saturated carbocycles. The van der Waals surface area contributed by atoms with Crippen molar-refractivity contribution in [3.63, 3.8) is 0 Å². The van der Waals surface area contributed by atoms with Gasteiger partial charge in [-0.15, -0.1) is 0 Å². The van der Waals surface area contributed by atoms with E-state index in [0.717, 1.165) is 31.7 Å². The van der Waals surface area contributed by atoms with Crippen molar-refractivity contribution in [2.24, 2.45) is 5.73 Å². The average molecular weight is 484 g/mol. The number of nitrogens with two attached hydrogens (primary N) is 1.